The molecule has 3 aliphatic rings. The molecule has 0 aromatic rings. The van der Waals surface area contributed by atoms with Crippen LogP contribution in [0.15, 0.2) is 0 Å². The van der Waals surface area contributed by atoms with Gasteiger partial charge in [0.1, 0.15) is 6.04 Å². The van der Waals surface area contributed by atoms with Crippen molar-refractivity contribution in [3.8, 4) is 0 Å². The summed E-state index contributed by atoms with van der Waals surface area (Å²) in [7, 11) is 0. The SMILES string of the molecule is O=C1N[C@@H]2CCN(C(=O)NC3CCNCC3)C12. The van der Waals surface area contributed by atoms with E-state index < -0.39 is 0 Å². The van der Waals surface area contributed by atoms with E-state index in [4.69, 9.17) is 0 Å². The first-order valence-corrected chi connectivity index (χ1v) is 6.34. The van der Waals surface area contributed by atoms with Crippen LogP contribution >= 0.6 is 0 Å². The third kappa shape index (κ3) is 1.86. The highest BCUT2D eigenvalue weighted by molar-refractivity contribution is 5.94. The third-order valence-electron chi connectivity index (χ3n) is 3.92. The predicted octanol–water partition coefficient (Wildman–Crippen LogP) is -0.979. The number of hydrogen-bond donors (Lipinski definition) is 3. The number of hydrogen-bond acceptors (Lipinski definition) is 3. The van der Waals surface area contributed by atoms with E-state index in [0.29, 0.717) is 6.54 Å². The molecule has 0 aliphatic carbocycles. The van der Waals surface area contributed by atoms with Crippen LogP contribution in [0.4, 0.5) is 4.79 Å². The van der Waals surface area contributed by atoms with E-state index in [1.165, 1.54) is 0 Å². The van der Waals surface area contributed by atoms with Crippen molar-refractivity contribution in [2.45, 2.75) is 37.4 Å². The quantitative estimate of drug-likeness (QED) is 0.514. The first kappa shape index (κ1) is 10.8. The predicted molar refractivity (Wildman–Crippen MR) is 61.5 cm³/mol. The van der Waals surface area contributed by atoms with Gasteiger partial charge in [-0.15, -0.1) is 0 Å². The smallest absolute Gasteiger partial charge is 0.318 e. The maximum absolute atomic E-state index is 12.1. The molecule has 3 aliphatic heterocycles. The summed E-state index contributed by atoms with van der Waals surface area (Å²) in [5, 5.41) is 9.12. The van der Waals surface area contributed by atoms with Crippen molar-refractivity contribution in [1.29, 1.82) is 0 Å². The molecule has 0 spiro atoms. The number of carbonyl (C=O) groups is 2. The molecule has 17 heavy (non-hydrogen) atoms. The maximum atomic E-state index is 12.1. The van der Waals surface area contributed by atoms with Gasteiger partial charge in [-0.2, -0.15) is 0 Å². The molecule has 3 rings (SSSR count). The molecule has 6 nitrogen and oxygen atoms in total. The van der Waals surface area contributed by atoms with Gasteiger partial charge in [0.25, 0.3) is 0 Å². The van der Waals surface area contributed by atoms with E-state index in [0.717, 1.165) is 32.4 Å². The Morgan fingerprint density at radius 2 is 2.06 bits per heavy atom. The van der Waals surface area contributed by atoms with Crippen LogP contribution in [0, 0.1) is 0 Å². The van der Waals surface area contributed by atoms with Crippen molar-refractivity contribution in [1.82, 2.24) is 20.9 Å². The van der Waals surface area contributed by atoms with Crippen LogP contribution in [0.25, 0.3) is 0 Å². The van der Waals surface area contributed by atoms with Crippen LogP contribution in [-0.4, -0.2) is 54.6 Å². The van der Waals surface area contributed by atoms with Gasteiger partial charge in [0.05, 0.1) is 6.04 Å². The number of β-lactam (4-membered cyclic amide) rings is 1. The molecular formula is C11H18N4O2. The Labute approximate surface area is 100 Å². The monoisotopic (exact) mass is 238 g/mol. The molecule has 0 bridgehead atoms. The lowest BCUT2D eigenvalue weighted by Gasteiger charge is -2.36. The van der Waals surface area contributed by atoms with Crippen LogP contribution in [0.3, 0.4) is 0 Å². The number of amides is 3. The van der Waals surface area contributed by atoms with Gasteiger partial charge < -0.3 is 20.9 Å². The van der Waals surface area contributed by atoms with Crippen molar-refractivity contribution in [3.63, 3.8) is 0 Å². The van der Waals surface area contributed by atoms with Gasteiger partial charge in [0.2, 0.25) is 5.91 Å². The Bertz CT molecular complexity index is 340. The van der Waals surface area contributed by atoms with E-state index >= 15 is 0 Å². The fourth-order valence-corrected chi connectivity index (χ4v) is 2.89. The largest absolute Gasteiger partial charge is 0.349 e. The zero-order valence-electron chi connectivity index (χ0n) is 9.74. The second kappa shape index (κ2) is 4.18. The first-order chi connectivity index (χ1) is 8.25. The topological polar surface area (TPSA) is 73.5 Å². The fourth-order valence-electron chi connectivity index (χ4n) is 2.89. The highest BCUT2D eigenvalue weighted by Gasteiger charge is 2.49. The summed E-state index contributed by atoms with van der Waals surface area (Å²) in [6.45, 7) is 2.60. The molecule has 3 fully saturated rings. The minimum absolute atomic E-state index is 0.00652. The maximum Gasteiger partial charge on any atom is 0.318 e. The van der Waals surface area contributed by atoms with E-state index in [-0.39, 0.29) is 30.1 Å². The van der Waals surface area contributed by atoms with Crippen molar-refractivity contribution in [2.75, 3.05) is 19.6 Å². The number of urea groups is 1. The fraction of sp³-hybridized carbons (Fsp3) is 0.818. The summed E-state index contributed by atoms with van der Waals surface area (Å²) >= 11 is 0. The summed E-state index contributed by atoms with van der Waals surface area (Å²) in [4.78, 5) is 25.1. The molecule has 0 saturated carbocycles. The standard InChI is InChI=1S/C11H18N4O2/c16-10-9-8(14-10)3-6-15(9)11(17)13-7-1-4-12-5-2-7/h7-9,12H,1-6H2,(H,13,17)(H,14,16)/t8-,9?/m1/s1. The van der Waals surface area contributed by atoms with Crippen LogP contribution < -0.4 is 16.0 Å². The number of fused-ring (bicyclic) bond motifs is 1. The van der Waals surface area contributed by atoms with Gasteiger partial charge in [0, 0.05) is 12.6 Å². The second-order valence-corrected chi connectivity index (χ2v) is 5.02. The number of carbonyl (C=O) groups excluding carboxylic acids is 2. The number of nitrogens with one attached hydrogen (secondary N) is 3. The van der Waals surface area contributed by atoms with E-state index in [2.05, 4.69) is 16.0 Å². The van der Waals surface area contributed by atoms with Crippen LogP contribution in [0.2, 0.25) is 0 Å². The Morgan fingerprint density at radius 1 is 1.29 bits per heavy atom. The van der Waals surface area contributed by atoms with Crippen molar-refractivity contribution in [3.05, 3.63) is 0 Å². The number of nitrogens with zero attached hydrogens (tertiary/aromatic N) is 1. The Kier molecular flexibility index (Phi) is 2.66. The second-order valence-electron chi connectivity index (χ2n) is 5.02. The normalized spacial score (nSPS) is 32.7. The van der Waals surface area contributed by atoms with Gasteiger partial charge in [-0.05, 0) is 32.4 Å². The van der Waals surface area contributed by atoms with Gasteiger partial charge >= 0.3 is 6.03 Å². The molecular weight excluding hydrogens is 220 g/mol. The molecule has 3 heterocycles. The van der Waals surface area contributed by atoms with E-state index in [1.807, 2.05) is 0 Å². The Hall–Kier alpha value is -1.30. The van der Waals surface area contributed by atoms with Crippen LogP contribution in [0.1, 0.15) is 19.3 Å². The number of piperidine rings is 1. The van der Waals surface area contributed by atoms with Gasteiger partial charge in [-0.25, -0.2) is 4.79 Å². The zero-order chi connectivity index (χ0) is 11.8. The average molecular weight is 238 g/mol. The van der Waals surface area contributed by atoms with Crippen molar-refractivity contribution >= 4 is 11.9 Å². The minimum Gasteiger partial charge on any atom is -0.349 e. The number of rotatable bonds is 1. The first-order valence-electron chi connectivity index (χ1n) is 6.34. The lowest BCUT2D eigenvalue weighted by atomic mass is 10.0. The Morgan fingerprint density at radius 3 is 2.76 bits per heavy atom. The molecule has 6 heteroatoms. The summed E-state index contributed by atoms with van der Waals surface area (Å²) in [5.41, 5.74) is 0. The summed E-state index contributed by atoms with van der Waals surface area (Å²) in [6, 6.07) is 0.170. The molecule has 2 atom stereocenters. The lowest BCUT2D eigenvalue weighted by molar-refractivity contribution is -0.132. The van der Waals surface area contributed by atoms with Gasteiger partial charge in [0.15, 0.2) is 0 Å². The number of likely N-dealkylation sites (tertiary alicyclic amines) is 1. The third-order valence-corrected chi connectivity index (χ3v) is 3.92. The molecule has 3 N–H and O–H groups in total. The molecule has 94 valence electrons. The van der Waals surface area contributed by atoms with Gasteiger partial charge in [-0.3, -0.25) is 4.79 Å². The highest BCUT2D eigenvalue weighted by atomic mass is 16.2. The van der Waals surface area contributed by atoms with Crippen molar-refractivity contribution < 1.29 is 9.59 Å². The minimum atomic E-state index is -0.211. The molecule has 3 amide bonds. The molecule has 1 unspecified atom stereocenters. The summed E-state index contributed by atoms with van der Waals surface area (Å²) < 4.78 is 0. The molecule has 0 radical (unpaired) electrons. The highest BCUT2D eigenvalue weighted by Crippen LogP contribution is 2.25. The molecule has 3 saturated heterocycles. The lowest BCUT2D eigenvalue weighted by Crippen LogP contribution is -2.66. The Balaban J connectivity index is 1.57. The van der Waals surface area contributed by atoms with Crippen LogP contribution in [0.5, 0.6) is 0 Å². The van der Waals surface area contributed by atoms with Crippen molar-refractivity contribution in [2.24, 2.45) is 0 Å². The zero-order valence-corrected chi connectivity index (χ0v) is 9.74. The molecule has 0 aromatic heterocycles. The van der Waals surface area contributed by atoms with E-state index in [1.54, 1.807) is 4.90 Å². The van der Waals surface area contributed by atoms with Crippen LogP contribution in [-0.2, 0) is 4.79 Å². The average Bonchev–Trinajstić information content (AvgIpc) is 2.67. The molecule has 0 aromatic carbocycles. The van der Waals surface area contributed by atoms with Gasteiger partial charge in [-0.1, -0.05) is 0 Å². The summed E-state index contributed by atoms with van der Waals surface area (Å²) in [5.74, 6) is -0.00652. The van der Waals surface area contributed by atoms with E-state index in [9.17, 15) is 9.59 Å². The summed E-state index contributed by atoms with van der Waals surface area (Å²) in [6.07, 6.45) is 2.83.